The zero-order chi connectivity index (χ0) is 14.6. The minimum absolute atomic E-state index is 0.153. The van der Waals surface area contributed by atoms with Crippen molar-refractivity contribution in [3.63, 3.8) is 0 Å². The van der Waals surface area contributed by atoms with Crippen molar-refractivity contribution in [1.29, 1.82) is 0 Å². The summed E-state index contributed by atoms with van der Waals surface area (Å²) in [6, 6.07) is 5.18. The van der Waals surface area contributed by atoms with E-state index in [1.165, 1.54) is 7.11 Å². The summed E-state index contributed by atoms with van der Waals surface area (Å²) in [5.74, 6) is 0.659. The van der Waals surface area contributed by atoms with Crippen LogP contribution in [0.25, 0.3) is 0 Å². The number of nitrogens with two attached hydrogens (primary N) is 1. The van der Waals surface area contributed by atoms with Crippen molar-refractivity contribution < 1.29 is 9.53 Å². The molecule has 4 heteroatoms. The van der Waals surface area contributed by atoms with Crippen LogP contribution in [0.4, 0.5) is 5.69 Å². The number of nitrogen functional groups attached to an aromatic ring is 1. The summed E-state index contributed by atoms with van der Waals surface area (Å²) in [5.41, 5.74) is 6.90. The topological polar surface area (TPSA) is 64.3 Å². The van der Waals surface area contributed by atoms with E-state index in [4.69, 9.17) is 10.5 Å². The predicted molar refractivity (Wildman–Crippen MR) is 78.4 cm³/mol. The number of nitrogens with one attached hydrogen (secondary N) is 1. The van der Waals surface area contributed by atoms with Gasteiger partial charge in [-0.3, -0.25) is 4.79 Å². The zero-order valence-electron chi connectivity index (χ0n) is 12.4. The van der Waals surface area contributed by atoms with Gasteiger partial charge in [-0.25, -0.2) is 0 Å². The Kier molecular flexibility index (Phi) is 4.81. The lowest BCUT2D eigenvalue weighted by molar-refractivity contribution is 0.0934. The average Bonchev–Trinajstić information content (AvgIpc) is 2.33. The third-order valence-corrected chi connectivity index (χ3v) is 3.54. The maximum Gasteiger partial charge on any atom is 0.255 e. The molecule has 1 aromatic rings. The molecule has 0 aliphatic carbocycles. The molecule has 1 atom stereocenters. The van der Waals surface area contributed by atoms with Gasteiger partial charge in [0.25, 0.3) is 5.91 Å². The minimum atomic E-state index is -0.153. The number of hydrogen-bond donors (Lipinski definition) is 2. The Morgan fingerprint density at radius 2 is 2.05 bits per heavy atom. The van der Waals surface area contributed by atoms with Crippen LogP contribution in [0.15, 0.2) is 18.2 Å². The number of anilines is 1. The second-order valence-corrected chi connectivity index (χ2v) is 5.91. The van der Waals surface area contributed by atoms with E-state index in [9.17, 15) is 4.79 Å². The third kappa shape index (κ3) is 3.88. The van der Waals surface area contributed by atoms with E-state index >= 15 is 0 Å². The Labute approximate surface area is 115 Å². The molecule has 0 aromatic heterocycles. The fourth-order valence-corrected chi connectivity index (χ4v) is 1.61. The molecule has 4 nitrogen and oxygen atoms in total. The number of ether oxygens (including phenoxy) is 1. The molecule has 0 saturated heterocycles. The first-order valence-corrected chi connectivity index (χ1v) is 6.48. The fraction of sp³-hybridized carbons (Fsp3) is 0.533. The standard InChI is InChI=1S/C15H24N2O2/c1-10(15(2,3)4)9-17-14(18)11-7-6-8-12(16)13(11)19-5/h6-8,10H,9,16H2,1-5H3,(H,17,18). The Balaban J connectivity index is 2.77. The Bertz CT molecular complexity index is 450. The smallest absolute Gasteiger partial charge is 0.255 e. The highest BCUT2D eigenvalue weighted by Crippen LogP contribution is 2.27. The number of para-hydroxylation sites is 1. The molecular weight excluding hydrogens is 240 g/mol. The van der Waals surface area contributed by atoms with Crippen LogP contribution >= 0.6 is 0 Å². The van der Waals surface area contributed by atoms with Crippen molar-refractivity contribution >= 4 is 11.6 Å². The monoisotopic (exact) mass is 264 g/mol. The SMILES string of the molecule is COc1c(N)cccc1C(=O)NCC(C)C(C)(C)C. The first-order valence-electron chi connectivity index (χ1n) is 6.48. The van der Waals surface area contributed by atoms with Gasteiger partial charge in [-0.05, 0) is 23.5 Å². The maximum absolute atomic E-state index is 12.2. The second kappa shape index (κ2) is 5.95. The van der Waals surface area contributed by atoms with E-state index in [2.05, 4.69) is 33.0 Å². The number of hydrogen-bond acceptors (Lipinski definition) is 3. The first kappa shape index (κ1) is 15.3. The molecule has 0 aliphatic rings. The van der Waals surface area contributed by atoms with E-state index in [1.807, 2.05) is 0 Å². The molecule has 3 N–H and O–H groups in total. The number of benzene rings is 1. The number of carbonyl (C=O) groups is 1. The van der Waals surface area contributed by atoms with Gasteiger partial charge >= 0.3 is 0 Å². The average molecular weight is 264 g/mol. The van der Waals surface area contributed by atoms with Crippen LogP contribution < -0.4 is 15.8 Å². The molecule has 0 aliphatic heterocycles. The molecule has 0 bridgehead atoms. The molecule has 0 heterocycles. The van der Waals surface area contributed by atoms with Gasteiger partial charge in [0.15, 0.2) is 5.75 Å². The molecule has 0 spiro atoms. The van der Waals surface area contributed by atoms with E-state index < -0.39 is 0 Å². The van der Waals surface area contributed by atoms with Crippen LogP contribution in [0.2, 0.25) is 0 Å². The van der Waals surface area contributed by atoms with Crippen molar-refractivity contribution in [2.24, 2.45) is 11.3 Å². The van der Waals surface area contributed by atoms with Crippen LogP contribution in [0, 0.1) is 11.3 Å². The molecule has 0 fully saturated rings. The van der Waals surface area contributed by atoms with E-state index in [0.717, 1.165) is 0 Å². The van der Waals surface area contributed by atoms with Gasteiger partial charge in [0.05, 0.1) is 18.4 Å². The second-order valence-electron chi connectivity index (χ2n) is 5.91. The summed E-state index contributed by atoms with van der Waals surface area (Å²) in [6.45, 7) is 9.22. The highest BCUT2D eigenvalue weighted by atomic mass is 16.5. The minimum Gasteiger partial charge on any atom is -0.494 e. The Hall–Kier alpha value is -1.71. The Morgan fingerprint density at radius 1 is 1.42 bits per heavy atom. The molecule has 1 rings (SSSR count). The van der Waals surface area contributed by atoms with Crippen molar-refractivity contribution in [3.05, 3.63) is 23.8 Å². The summed E-state index contributed by atoms with van der Waals surface area (Å²) in [4.78, 5) is 12.2. The van der Waals surface area contributed by atoms with E-state index in [0.29, 0.717) is 29.5 Å². The summed E-state index contributed by atoms with van der Waals surface area (Å²) >= 11 is 0. The predicted octanol–water partition coefficient (Wildman–Crippen LogP) is 2.69. The quantitative estimate of drug-likeness (QED) is 0.822. The lowest BCUT2D eigenvalue weighted by Crippen LogP contribution is -2.33. The normalized spacial score (nSPS) is 12.9. The van der Waals surface area contributed by atoms with Gasteiger partial charge < -0.3 is 15.8 Å². The molecular formula is C15H24N2O2. The van der Waals surface area contributed by atoms with Gasteiger partial charge in [-0.2, -0.15) is 0 Å². The van der Waals surface area contributed by atoms with Crippen LogP contribution in [0.5, 0.6) is 5.75 Å². The van der Waals surface area contributed by atoms with Gasteiger partial charge in [-0.15, -0.1) is 0 Å². The number of carbonyl (C=O) groups excluding carboxylic acids is 1. The van der Waals surface area contributed by atoms with E-state index in [1.54, 1.807) is 18.2 Å². The first-order chi connectivity index (χ1) is 8.77. The summed E-state index contributed by atoms with van der Waals surface area (Å²) in [6.07, 6.45) is 0. The van der Waals surface area contributed by atoms with Crippen LogP contribution in [-0.4, -0.2) is 19.6 Å². The van der Waals surface area contributed by atoms with Crippen molar-refractivity contribution in [2.75, 3.05) is 19.4 Å². The van der Waals surface area contributed by atoms with Crippen LogP contribution in [0.3, 0.4) is 0 Å². The molecule has 1 unspecified atom stereocenters. The van der Waals surface area contributed by atoms with Crippen molar-refractivity contribution in [1.82, 2.24) is 5.32 Å². The van der Waals surface area contributed by atoms with Gasteiger partial charge in [0, 0.05) is 6.54 Å². The molecule has 0 radical (unpaired) electrons. The highest BCUT2D eigenvalue weighted by Gasteiger charge is 2.21. The van der Waals surface area contributed by atoms with E-state index in [-0.39, 0.29) is 11.3 Å². The summed E-state index contributed by atoms with van der Waals surface area (Å²) < 4.78 is 5.19. The zero-order valence-corrected chi connectivity index (χ0v) is 12.4. The molecule has 1 aromatic carbocycles. The van der Waals surface area contributed by atoms with Gasteiger partial charge in [-0.1, -0.05) is 33.8 Å². The number of rotatable bonds is 4. The number of methoxy groups -OCH3 is 1. The fourth-order valence-electron chi connectivity index (χ4n) is 1.61. The van der Waals surface area contributed by atoms with Gasteiger partial charge in [0.1, 0.15) is 0 Å². The third-order valence-electron chi connectivity index (χ3n) is 3.54. The summed E-state index contributed by atoms with van der Waals surface area (Å²) in [5, 5.41) is 2.93. The highest BCUT2D eigenvalue weighted by molar-refractivity contribution is 5.98. The van der Waals surface area contributed by atoms with Crippen LogP contribution in [0.1, 0.15) is 38.1 Å². The lowest BCUT2D eigenvalue weighted by Gasteiger charge is -2.27. The largest absolute Gasteiger partial charge is 0.494 e. The molecule has 106 valence electrons. The molecule has 19 heavy (non-hydrogen) atoms. The van der Waals surface area contributed by atoms with Crippen molar-refractivity contribution in [3.8, 4) is 5.75 Å². The summed E-state index contributed by atoms with van der Waals surface area (Å²) in [7, 11) is 1.51. The maximum atomic E-state index is 12.2. The van der Waals surface area contributed by atoms with Gasteiger partial charge in [0.2, 0.25) is 0 Å². The lowest BCUT2D eigenvalue weighted by atomic mass is 9.82. The van der Waals surface area contributed by atoms with Crippen LogP contribution in [-0.2, 0) is 0 Å². The molecule has 1 amide bonds. The molecule has 0 saturated carbocycles. The van der Waals surface area contributed by atoms with Crippen molar-refractivity contribution in [2.45, 2.75) is 27.7 Å². The Morgan fingerprint density at radius 3 is 2.58 bits per heavy atom. The number of amides is 1.